The van der Waals surface area contributed by atoms with Crippen LogP contribution in [0.1, 0.15) is 29.6 Å². The standard InChI is InChI=1S/C18H25FN4O2/c1-21(2)17(24)13-5-6-15(19)16(11-13)20-18(25)23-10-7-14(12-23)22-8-3-4-9-22/h5-6,11,14H,3-4,7-10,12H2,1-2H3,(H,20,25)/t14-/m1/s1. The average molecular weight is 348 g/mol. The molecule has 1 N–H and O–H groups in total. The van der Waals surface area contributed by atoms with E-state index in [2.05, 4.69) is 10.2 Å². The molecule has 0 radical (unpaired) electrons. The van der Waals surface area contributed by atoms with E-state index in [9.17, 15) is 14.0 Å². The molecule has 1 aromatic carbocycles. The first kappa shape index (κ1) is 17.7. The second-order valence-corrected chi connectivity index (χ2v) is 6.96. The molecule has 6 nitrogen and oxygen atoms in total. The molecule has 2 heterocycles. The zero-order valence-corrected chi connectivity index (χ0v) is 14.8. The van der Waals surface area contributed by atoms with E-state index in [4.69, 9.17) is 0 Å². The van der Waals surface area contributed by atoms with Gasteiger partial charge in [-0.25, -0.2) is 9.18 Å². The van der Waals surface area contributed by atoms with Gasteiger partial charge in [0.25, 0.3) is 5.91 Å². The Balaban J connectivity index is 1.64. The Hall–Kier alpha value is -2.15. The Bertz CT molecular complexity index is 658. The Morgan fingerprint density at radius 3 is 2.60 bits per heavy atom. The van der Waals surface area contributed by atoms with Crippen molar-refractivity contribution in [3.8, 4) is 0 Å². The quantitative estimate of drug-likeness (QED) is 0.911. The number of rotatable bonds is 3. The number of hydrogen-bond acceptors (Lipinski definition) is 3. The van der Waals surface area contributed by atoms with E-state index in [1.165, 1.54) is 35.9 Å². The van der Waals surface area contributed by atoms with Crippen LogP contribution in [0.15, 0.2) is 18.2 Å². The molecule has 1 aromatic rings. The third-order valence-electron chi connectivity index (χ3n) is 4.97. The molecule has 2 saturated heterocycles. The topological polar surface area (TPSA) is 55.9 Å². The summed E-state index contributed by atoms with van der Waals surface area (Å²) in [5, 5.41) is 2.62. The van der Waals surface area contributed by atoms with Gasteiger partial charge in [0.1, 0.15) is 5.82 Å². The van der Waals surface area contributed by atoms with Gasteiger partial charge in [-0.3, -0.25) is 9.69 Å². The summed E-state index contributed by atoms with van der Waals surface area (Å²) in [6.07, 6.45) is 3.40. The van der Waals surface area contributed by atoms with E-state index in [0.717, 1.165) is 19.5 Å². The van der Waals surface area contributed by atoms with E-state index in [1.54, 1.807) is 19.0 Å². The summed E-state index contributed by atoms with van der Waals surface area (Å²) in [5.41, 5.74) is 0.389. The van der Waals surface area contributed by atoms with Gasteiger partial charge in [0.05, 0.1) is 5.69 Å². The Labute approximate surface area is 147 Å². The lowest BCUT2D eigenvalue weighted by Crippen LogP contribution is -2.38. The molecule has 2 aliphatic rings. The zero-order valence-electron chi connectivity index (χ0n) is 14.8. The summed E-state index contributed by atoms with van der Waals surface area (Å²) in [6.45, 7) is 3.54. The minimum atomic E-state index is -0.543. The first-order chi connectivity index (χ1) is 12.0. The van der Waals surface area contributed by atoms with Crippen LogP contribution >= 0.6 is 0 Å². The molecule has 0 bridgehead atoms. The number of nitrogens with one attached hydrogen (secondary N) is 1. The molecule has 0 spiro atoms. The van der Waals surface area contributed by atoms with Gasteiger partial charge in [0.2, 0.25) is 0 Å². The maximum atomic E-state index is 14.0. The van der Waals surface area contributed by atoms with Gasteiger partial charge in [-0.15, -0.1) is 0 Å². The second-order valence-electron chi connectivity index (χ2n) is 6.96. The van der Waals surface area contributed by atoms with Crippen LogP contribution in [0.25, 0.3) is 0 Å². The third-order valence-corrected chi connectivity index (χ3v) is 4.97. The number of nitrogens with zero attached hydrogens (tertiary/aromatic N) is 3. The lowest BCUT2D eigenvalue weighted by atomic mass is 10.1. The van der Waals surface area contributed by atoms with Crippen molar-refractivity contribution in [2.75, 3.05) is 45.6 Å². The van der Waals surface area contributed by atoms with E-state index in [-0.39, 0.29) is 17.6 Å². The zero-order chi connectivity index (χ0) is 18.0. The first-order valence-electron chi connectivity index (χ1n) is 8.77. The van der Waals surface area contributed by atoms with Crippen molar-refractivity contribution >= 4 is 17.6 Å². The smallest absolute Gasteiger partial charge is 0.321 e. The highest BCUT2D eigenvalue weighted by atomic mass is 19.1. The van der Waals surface area contributed by atoms with Crippen LogP contribution in [0, 0.1) is 5.82 Å². The first-order valence-corrected chi connectivity index (χ1v) is 8.77. The fourth-order valence-corrected chi connectivity index (χ4v) is 3.54. The van der Waals surface area contributed by atoms with E-state index in [0.29, 0.717) is 24.7 Å². The minimum Gasteiger partial charge on any atom is -0.345 e. The number of benzene rings is 1. The second kappa shape index (κ2) is 7.39. The highest BCUT2D eigenvalue weighted by Gasteiger charge is 2.31. The molecule has 2 aliphatic heterocycles. The molecule has 0 saturated carbocycles. The number of likely N-dealkylation sites (tertiary alicyclic amines) is 2. The normalized spacial score (nSPS) is 20.8. The number of carbonyl (C=O) groups is 2. The summed E-state index contributed by atoms with van der Waals surface area (Å²) >= 11 is 0. The van der Waals surface area contributed by atoms with Crippen molar-refractivity contribution in [3.63, 3.8) is 0 Å². The maximum Gasteiger partial charge on any atom is 0.321 e. The Morgan fingerprint density at radius 1 is 1.20 bits per heavy atom. The highest BCUT2D eigenvalue weighted by molar-refractivity contribution is 5.96. The van der Waals surface area contributed by atoms with Crippen LogP contribution < -0.4 is 5.32 Å². The minimum absolute atomic E-state index is 0.0438. The van der Waals surface area contributed by atoms with Crippen LogP contribution in [-0.2, 0) is 0 Å². The maximum absolute atomic E-state index is 14.0. The predicted molar refractivity (Wildman–Crippen MR) is 94.2 cm³/mol. The largest absolute Gasteiger partial charge is 0.345 e. The van der Waals surface area contributed by atoms with Crippen LogP contribution in [0.5, 0.6) is 0 Å². The van der Waals surface area contributed by atoms with E-state index >= 15 is 0 Å². The molecule has 25 heavy (non-hydrogen) atoms. The number of halogens is 1. The van der Waals surface area contributed by atoms with Gasteiger partial charge in [-0.1, -0.05) is 0 Å². The van der Waals surface area contributed by atoms with Gasteiger partial charge in [0.15, 0.2) is 0 Å². The molecule has 0 aromatic heterocycles. The molecule has 2 fully saturated rings. The van der Waals surface area contributed by atoms with Gasteiger partial charge >= 0.3 is 6.03 Å². The summed E-state index contributed by atoms with van der Waals surface area (Å²) in [6, 6.07) is 4.12. The predicted octanol–water partition coefficient (Wildman–Crippen LogP) is 2.23. The number of urea groups is 1. The van der Waals surface area contributed by atoms with Crippen molar-refractivity contribution in [2.24, 2.45) is 0 Å². The van der Waals surface area contributed by atoms with Gasteiger partial charge in [0, 0.05) is 38.8 Å². The van der Waals surface area contributed by atoms with Crippen molar-refractivity contribution in [3.05, 3.63) is 29.6 Å². The monoisotopic (exact) mass is 348 g/mol. The SMILES string of the molecule is CN(C)C(=O)c1ccc(F)c(NC(=O)N2CC[C@@H](N3CCCC3)C2)c1. The van der Waals surface area contributed by atoms with Crippen molar-refractivity contribution < 1.29 is 14.0 Å². The number of anilines is 1. The molecule has 136 valence electrons. The summed E-state index contributed by atoms with van der Waals surface area (Å²) < 4.78 is 14.0. The Kier molecular flexibility index (Phi) is 5.22. The van der Waals surface area contributed by atoms with Gasteiger partial charge in [-0.2, -0.15) is 0 Å². The number of carbonyl (C=O) groups excluding carboxylic acids is 2. The summed E-state index contributed by atoms with van der Waals surface area (Å²) in [4.78, 5) is 30.1. The molecular formula is C18H25FN4O2. The summed E-state index contributed by atoms with van der Waals surface area (Å²) in [7, 11) is 3.26. The van der Waals surface area contributed by atoms with Crippen molar-refractivity contribution in [2.45, 2.75) is 25.3 Å². The average Bonchev–Trinajstić information content (AvgIpc) is 3.27. The van der Waals surface area contributed by atoms with Crippen molar-refractivity contribution in [1.82, 2.24) is 14.7 Å². The van der Waals surface area contributed by atoms with Crippen LogP contribution in [0.3, 0.4) is 0 Å². The fraction of sp³-hybridized carbons (Fsp3) is 0.556. The van der Waals surface area contributed by atoms with E-state index in [1.807, 2.05) is 0 Å². The fourth-order valence-electron chi connectivity index (χ4n) is 3.54. The lowest BCUT2D eigenvalue weighted by Gasteiger charge is -2.23. The Morgan fingerprint density at radius 2 is 1.92 bits per heavy atom. The highest BCUT2D eigenvalue weighted by Crippen LogP contribution is 2.22. The van der Waals surface area contributed by atoms with Gasteiger partial charge < -0.3 is 15.1 Å². The molecule has 0 aliphatic carbocycles. The van der Waals surface area contributed by atoms with Gasteiger partial charge in [-0.05, 0) is 50.6 Å². The van der Waals surface area contributed by atoms with E-state index < -0.39 is 5.82 Å². The number of amides is 3. The molecule has 7 heteroatoms. The van der Waals surface area contributed by atoms with Crippen LogP contribution in [-0.4, -0.2) is 73.0 Å². The molecule has 0 unspecified atom stereocenters. The molecule has 3 amide bonds. The molecular weight excluding hydrogens is 323 g/mol. The summed E-state index contributed by atoms with van der Waals surface area (Å²) in [5.74, 6) is -0.773. The molecule has 3 rings (SSSR count). The van der Waals surface area contributed by atoms with Crippen LogP contribution in [0.2, 0.25) is 0 Å². The number of hydrogen-bond donors (Lipinski definition) is 1. The molecule has 1 atom stereocenters. The lowest BCUT2D eigenvalue weighted by molar-refractivity contribution is 0.0827. The third kappa shape index (κ3) is 3.92. The van der Waals surface area contributed by atoms with Crippen LogP contribution in [0.4, 0.5) is 14.9 Å². The van der Waals surface area contributed by atoms with Crippen molar-refractivity contribution in [1.29, 1.82) is 0 Å².